The minimum Gasteiger partial charge on any atom is -0.490 e. The molecule has 0 bridgehead atoms. The number of aromatic amines is 1. The maximum absolute atomic E-state index is 13.5. The minimum atomic E-state index is -3.80. The maximum atomic E-state index is 13.5. The lowest BCUT2D eigenvalue weighted by Gasteiger charge is -2.17. The third-order valence-corrected chi connectivity index (χ3v) is 7.07. The fourth-order valence-electron chi connectivity index (χ4n) is 3.67. The Labute approximate surface area is 176 Å². The Morgan fingerprint density at radius 1 is 1.07 bits per heavy atom. The molecule has 3 aromatic carbocycles. The Morgan fingerprint density at radius 3 is 2.67 bits per heavy atom. The van der Waals surface area contributed by atoms with Crippen molar-refractivity contribution < 1.29 is 13.2 Å². The van der Waals surface area contributed by atoms with Crippen LogP contribution >= 0.6 is 0 Å². The summed E-state index contributed by atoms with van der Waals surface area (Å²) in [7, 11) is -3.80. The summed E-state index contributed by atoms with van der Waals surface area (Å²) < 4.78 is 33.2. The number of aromatic nitrogens is 2. The topological polar surface area (TPSA) is 98.1 Å². The molecule has 4 rings (SSSR count). The van der Waals surface area contributed by atoms with Crippen LogP contribution in [-0.2, 0) is 9.84 Å². The second-order valence-electron chi connectivity index (χ2n) is 7.29. The molecule has 0 aliphatic rings. The molecule has 0 amide bonds. The van der Waals surface area contributed by atoms with Gasteiger partial charge in [0.15, 0.2) is 5.03 Å². The minimum absolute atomic E-state index is 0.0380. The molecular weight excluding hydrogens is 398 g/mol. The summed E-state index contributed by atoms with van der Waals surface area (Å²) in [5.74, 6) is 0.627. The van der Waals surface area contributed by atoms with E-state index in [-0.39, 0.29) is 16.0 Å². The lowest BCUT2D eigenvalue weighted by atomic mass is 10.1. The molecule has 30 heavy (non-hydrogen) atoms. The van der Waals surface area contributed by atoms with Crippen LogP contribution in [0.1, 0.15) is 26.2 Å². The molecule has 156 valence electrons. The van der Waals surface area contributed by atoms with Crippen molar-refractivity contribution in [1.29, 1.82) is 0 Å². The number of hydrogen-bond acceptors (Lipinski definition) is 5. The molecule has 3 N–H and O–H groups in total. The van der Waals surface area contributed by atoms with Crippen LogP contribution in [0.5, 0.6) is 5.75 Å². The smallest absolute Gasteiger partial charge is 0.224 e. The van der Waals surface area contributed by atoms with Crippen molar-refractivity contribution in [3.05, 3.63) is 60.7 Å². The third-order valence-electron chi connectivity index (χ3n) is 5.29. The van der Waals surface area contributed by atoms with Gasteiger partial charge in [0.2, 0.25) is 9.84 Å². The fourth-order valence-corrected chi connectivity index (χ4v) is 5.24. The van der Waals surface area contributed by atoms with Crippen molar-refractivity contribution in [2.75, 3.05) is 6.54 Å². The molecule has 0 aliphatic carbocycles. The van der Waals surface area contributed by atoms with Crippen LogP contribution in [0, 0.1) is 0 Å². The molecule has 6 nitrogen and oxygen atoms in total. The van der Waals surface area contributed by atoms with Gasteiger partial charge >= 0.3 is 0 Å². The van der Waals surface area contributed by atoms with Crippen LogP contribution in [-0.4, -0.2) is 31.3 Å². The number of hydrogen-bond donors (Lipinski definition) is 2. The van der Waals surface area contributed by atoms with Crippen molar-refractivity contribution in [3.63, 3.8) is 0 Å². The molecule has 0 radical (unpaired) electrons. The first kappa shape index (κ1) is 20.4. The van der Waals surface area contributed by atoms with Crippen molar-refractivity contribution in [2.45, 2.75) is 42.2 Å². The second-order valence-corrected chi connectivity index (χ2v) is 9.15. The quantitative estimate of drug-likeness (QED) is 0.436. The molecule has 1 aromatic heterocycles. The van der Waals surface area contributed by atoms with Gasteiger partial charge in [0, 0.05) is 10.8 Å². The first-order valence-electron chi connectivity index (χ1n) is 10.1. The number of H-pyrrole nitrogens is 1. The van der Waals surface area contributed by atoms with E-state index in [9.17, 15) is 8.42 Å². The number of fused-ring (bicyclic) bond motifs is 2. The molecule has 0 aliphatic heterocycles. The van der Waals surface area contributed by atoms with Crippen molar-refractivity contribution in [2.24, 2.45) is 5.73 Å². The van der Waals surface area contributed by atoms with Gasteiger partial charge in [-0.1, -0.05) is 43.3 Å². The monoisotopic (exact) mass is 423 g/mol. The van der Waals surface area contributed by atoms with Crippen LogP contribution in [0.3, 0.4) is 0 Å². The Kier molecular flexibility index (Phi) is 5.74. The van der Waals surface area contributed by atoms with Crippen molar-refractivity contribution >= 4 is 31.5 Å². The highest BCUT2D eigenvalue weighted by molar-refractivity contribution is 7.91. The summed E-state index contributed by atoms with van der Waals surface area (Å²) in [6, 6.07) is 18.1. The normalized spacial score (nSPS) is 13.0. The van der Waals surface area contributed by atoms with Crippen molar-refractivity contribution in [3.8, 4) is 5.75 Å². The second kappa shape index (κ2) is 8.45. The first-order chi connectivity index (χ1) is 14.5. The number of rotatable bonds is 8. The van der Waals surface area contributed by atoms with Gasteiger partial charge in [-0.25, -0.2) is 8.42 Å². The predicted molar refractivity (Wildman–Crippen MR) is 118 cm³/mol. The summed E-state index contributed by atoms with van der Waals surface area (Å²) in [5, 5.41) is 9.10. The third kappa shape index (κ3) is 3.78. The van der Waals surface area contributed by atoms with E-state index < -0.39 is 9.84 Å². The van der Waals surface area contributed by atoms with E-state index in [0.29, 0.717) is 28.6 Å². The molecule has 4 aromatic rings. The Balaban J connectivity index is 1.77. The zero-order chi connectivity index (χ0) is 21.1. The van der Waals surface area contributed by atoms with Gasteiger partial charge in [-0.3, -0.25) is 5.10 Å². The van der Waals surface area contributed by atoms with Crippen LogP contribution in [0.15, 0.2) is 70.6 Å². The molecule has 7 heteroatoms. The van der Waals surface area contributed by atoms with Crippen molar-refractivity contribution in [1.82, 2.24) is 10.2 Å². The number of sulfone groups is 1. The van der Waals surface area contributed by atoms with Crippen LogP contribution in [0.25, 0.3) is 21.7 Å². The zero-order valence-corrected chi connectivity index (χ0v) is 17.7. The van der Waals surface area contributed by atoms with Gasteiger partial charge in [-0.2, -0.15) is 5.10 Å². The molecule has 1 heterocycles. The number of nitrogens with two attached hydrogens (primary N) is 1. The summed E-state index contributed by atoms with van der Waals surface area (Å²) in [6.07, 6.45) is 2.63. The van der Waals surface area contributed by atoms with Gasteiger partial charge in [0.1, 0.15) is 5.75 Å². The largest absolute Gasteiger partial charge is 0.490 e. The summed E-state index contributed by atoms with van der Waals surface area (Å²) in [4.78, 5) is 0.256. The molecule has 0 saturated heterocycles. The Morgan fingerprint density at radius 2 is 1.87 bits per heavy atom. The Bertz CT molecular complexity index is 1280. The molecule has 0 saturated carbocycles. The molecule has 0 spiro atoms. The van der Waals surface area contributed by atoms with E-state index in [1.807, 2.05) is 36.4 Å². The highest BCUT2D eigenvalue weighted by Crippen LogP contribution is 2.32. The number of nitrogens with one attached hydrogen (secondary N) is 1. The van der Waals surface area contributed by atoms with Crippen LogP contribution in [0.4, 0.5) is 0 Å². The molecular formula is C23H25N3O3S. The summed E-state index contributed by atoms with van der Waals surface area (Å²) in [6.45, 7) is 2.68. The van der Waals surface area contributed by atoms with Gasteiger partial charge < -0.3 is 10.5 Å². The average Bonchev–Trinajstić information content (AvgIpc) is 3.20. The number of nitrogens with zero attached hydrogens (tertiary/aromatic N) is 1. The van der Waals surface area contributed by atoms with E-state index in [4.69, 9.17) is 10.5 Å². The van der Waals surface area contributed by atoms with Gasteiger partial charge in [0.25, 0.3) is 0 Å². The van der Waals surface area contributed by atoms with E-state index in [2.05, 4.69) is 17.1 Å². The van der Waals surface area contributed by atoms with E-state index in [0.717, 1.165) is 24.6 Å². The highest BCUT2D eigenvalue weighted by atomic mass is 32.2. The van der Waals surface area contributed by atoms with E-state index in [1.54, 1.807) is 24.3 Å². The van der Waals surface area contributed by atoms with E-state index in [1.165, 1.54) is 0 Å². The van der Waals surface area contributed by atoms with E-state index >= 15 is 0 Å². The highest BCUT2D eigenvalue weighted by Gasteiger charge is 2.25. The van der Waals surface area contributed by atoms with Crippen LogP contribution < -0.4 is 10.5 Å². The predicted octanol–water partition coefficient (Wildman–Crippen LogP) is 4.45. The summed E-state index contributed by atoms with van der Waals surface area (Å²) >= 11 is 0. The SMILES string of the molecule is CCC(CCCN)Oc1ccc2n[nH]c(S(=O)(=O)c3cccc4ccccc34)c2c1. The standard InChI is InChI=1S/C23H25N3O3S/c1-2-17(9-6-14-24)29-18-12-13-21-20(15-18)23(26-25-21)30(27,28)22-11-5-8-16-7-3-4-10-19(16)22/h3-5,7-8,10-13,15,17H,2,6,9,14,24H2,1H3,(H,25,26). The molecule has 1 atom stereocenters. The van der Waals surface area contributed by atoms with Gasteiger partial charge in [-0.15, -0.1) is 0 Å². The fraction of sp³-hybridized carbons (Fsp3) is 0.261. The Hall–Kier alpha value is -2.90. The zero-order valence-electron chi connectivity index (χ0n) is 16.8. The van der Waals surface area contributed by atoms with Gasteiger partial charge in [-0.05, 0) is 55.5 Å². The number of benzene rings is 3. The average molecular weight is 424 g/mol. The lowest BCUT2D eigenvalue weighted by Crippen LogP contribution is -2.17. The summed E-state index contributed by atoms with van der Waals surface area (Å²) in [5.41, 5.74) is 6.19. The number of ether oxygens (including phenoxy) is 1. The van der Waals surface area contributed by atoms with Gasteiger partial charge in [0.05, 0.1) is 16.5 Å². The van der Waals surface area contributed by atoms with Crippen LogP contribution in [0.2, 0.25) is 0 Å². The first-order valence-corrected chi connectivity index (χ1v) is 11.6. The molecule has 0 fully saturated rings. The lowest BCUT2D eigenvalue weighted by molar-refractivity contribution is 0.185. The maximum Gasteiger partial charge on any atom is 0.224 e. The molecule has 1 unspecified atom stereocenters.